The first-order valence-corrected chi connectivity index (χ1v) is 11.8. The van der Waals surface area contributed by atoms with Crippen LogP contribution in [0.4, 0.5) is 0 Å². The summed E-state index contributed by atoms with van der Waals surface area (Å²) in [6.45, 7) is 8.41. The Kier molecular flexibility index (Phi) is 5.75. The van der Waals surface area contributed by atoms with Gasteiger partial charge in [0.05, 0.1) is 17.1 Å². The molecule has 0 saturated carbocycles. The van der Waals surface area contributed by atoms with E-state index in [4.69, 9.17) is 9.47 Å². The maximum Gasteiger partial charge on any atom is 0.337 e. The first-order chi connectivity index (χ1) is 14.2. The molecule has 3 aromatic rings. The fourth-order valence-corrected chi connectivity index (χ4v) is 5.91. The van der Waals surface area contributed by atoms with E-state index in [0.29, 0.717) is 0 Å². The summed E-state index contributed by atoms with van der Waals surface area (Å²) in [6, 6.07) is 10.3. The summed E-state index contributed by atoms with van der Waals surface area (Å²) < 4.78 is 11.8. The molecular weight excluding hydrogens is 416 g/mol. The van der Waals surface area contributed by atoms with Crippen molar-refractivity contribution in [2.45, 2.75) is 52.2 Å². The Bertz CT molecular complexity index is 1060. The van der Waals surface area contributed by atoms with Crippen molar-refractivity contribution >= 4 is 28.6 Å². The third-order valence-electron chi connectivity index (χ3n) is 5.03. The van der Waals surface area contributed by atoms with Crippen molar-refractivity contribution in [3.8, 4) is 26.6 Å². The van der Waals surface area contributed by atoms with Gasteiger partial charge in [0, 0.05) is 20.9 Å². The average molecular weight is 443 g/mol. The smallest absolute Gasteiger partial charge is 0.337 e. The second-order valence-electron chi connectivity index (χ2n) is 8.48. The highest BCUT2D eigenvalue weighted by Gasteiger charge is 2.34. The van der Waals surface area contributed by atoms with E-state index in [1.807, 2.05) is 45.9 Å². The molecule has 0 saturated heterocycles. The molecule has 1 aromatic carbocycles. The summed E-state index contributed by atoms with van der Waals surface area (Å²) in [7, 11) is 0. The molecule has 1 unspecified atom stereocenters. The van der Waals surface area contributed by atoms with Gasteiger partial charge < -0.3 is 14.6 Å². The SMILES string of the molecule is Cc1sc(-c2cccs2)c(-c2ccc3c(c2)CCCO3)c1C(OC(C)(C)C)C(=O)O. The van der Waals surface area contributed by atoms with Crippen molar-refractivity contribution in [2.24, 2.45) is 0 Å². The molecule has 0 bridgehead atoms. The summed E-state index contributed by atoms with van der Waals surface area (Å²) in [4.78, 5) is 15.5. The van der Waals surface area contributed by atoms with Gasteiger partial charge in [0.2, 0.25) is 0 Å². The second kappa shape index (κ2) is 8.17. The van der Waals surface area contributed by atoms with Crippen LogP contribution < -0.4 is 4.74 Å². The second-order valence-corrected chi connectivity index (χ2v) is 10.6. The molecular formula is C24H26O4S2. The summed E-state index contributed by atoms with van der Waals surface area (Å²) in [6.07, 6.45) is 0.933. The summed E-state index contributed by atoms with van der Waals surface area (Å²) in [5.41, 5.74) is 3.33. The number of fused-ring (bicyclic) bond motifs is 1. The Balaban J connectivity index is 1.94. The number of carbonyl (C=O) groups is 1. The van der Waals surface area contributed by atoms with E-state index in [0.717, 1.165) is 56.5 Å². The average Bonchev–Trinajstić information content (AvgIpc) is 3.32. The maximum absolute atomic E-state index is 12.3. The van der Waals surface area contributed by atoms with Gasteiger partial charge in [0.15, 0.2) is 6.10 Å². The molecule has 1 N–H and O–H groups in total. The van der Waals surface area contributed by atoms with E-state index in [1.165, 1.54) is 5.56 Å². The van der Waals surface area contributed by atoms with E-state index < -0.39 is 17.7 Å². The van der Waals surface area contributed by atoms with Crippen molar-refractivity contribution in [2.75, 3.05) is 6.61 Å². The normalized spacial score (nSPS) is 14.8. The molecule has 30 heavy (non-hydrogen) atoms. The molecule has 1 atom stereocenters. The van der Waals surface area contributed by atoms with Crippen molar-refractivity contribution in [1.82, 2.24) is 0 Å². The molecule has 4 rings (SSSR count). The van der Waals surface area contributed by atoms with Crippen LogP contribution in [0.3, 0.4) is 0 Å². The van der Waals surface area contributed by atoms with Crippen molar-refractivity contribution in [1.29, 1.82) is 0 Å². The molecule has 0 amide bonds. The van der Waals surface area contributed by atoms with E-state index in [2.05, 4.69) is 17.5 Å². The van der Waals surface area contributed by atoms with E-state index in [1.54, 1.807) is 22.7 Å². The van der Waals surface area contributed by atoms with Crippen LogP contribution in [0.15, 0.2) is 35.7 Å². The highest BCUT2D eigenvalue weighted by Crippen LogP contribution is 2.48. The van der Waals surface area contributed by atoms with Crippen LogP contribution in [-0.4, -0.2) is 23.3 Å². The van der Waals surface area contributed by atoms with Crippen LogP contribution in [-0.2, 0) is 16.0 Å². The number of thiophene rings is 2. The maximum atomic E-state index is 12.3. The molecule has 0 spiro atoms. The zero-order valence-corrected chi connectivity index (χ0v) is 19.3. The van der Waals surface area contributed by atoms with Gasteiger partial charge >= 0.3 is 5.97 Å². The van der Waals surface area contributed by atoms with Crippen molar-refractivity contribution < 1.29 is 19.4 Å². The molecule has 6 heteroatoms. The van der Waals surface area contributed by atoms with Crippen LogP contribution in [0.1, 0.15) is 49.3 Å². The quantitative estimate of drug-likeness (QED) is 0.477. The number of aryl methyl sites for hydroxylation is 2. The Morgan fingerprint density at radius 2 is 2.07 bits per heavy atom. The zero-order valence-electron chi connectivity index (χ0n) is 17.7. The molecule has 1 aliphatic heterocycles. The van der Waals surface area contributed by atoms with Gasteiger partial charge in [0.1, 0.15) is 5.75 Å². The van der Waals surface area contributed by atoms with Crippen LogP contribution in [0.2, 0.25) is 0 Å². The van der Waals surface area contributed by atoms with Crippen LogP contribution in [0.5, 0.6) is 5.75 Å². The van der Waals surface area contributed by atoms with Crippen LogP contribution >= 0.6 is 22.7 Å². The zero-order chi connectivity index (χ0) is 21.5. The molecule has 3 heterocycles. The predicted octanol–water partition coefficient (Wildman–Crippen LogP) is 6.72. The van der Waals surface area contributed by atoms with Gasteiger partial charge in [-0.25, -0.2) is 4.79 Å². The minimum atomic E-state index is -1.03. The first kappa shape index (κ1) is 21.1. The lowest BCUT2D eigenvalue weighted by molar-refractivity contribution is -0.160. The summed E-state index contributed by atoms with van der Waals surface area (Å²) >= 11 is 3.30. The number of hydrogen-bond acceptors (Lipinski definition) is 5. The third-order valence-corrected chi connectivity index (χ3v) is 7.20. The van der Waals surface area contributed by atoms with Crippen molar-refractivity contribution in [3.63, 3.8) is 0 Å². The largest absolute Gasteiger partial charge is 0.493 e. The summed E-state index contributed by atoms with van der Waals surface area (Å²) in [5, 5.41) is 12.1. The van der Waals surface area contributed by atoms with E-state index in [9.17, 15) is 9.90 Å². The number of ether oxygens (including phenoxy) is 2. The molecule has 2 aromatic heterocycles. The predicted molar refractivity (Wildman–Crippen MR) is 123 cm³/mol. The highest BCUT2D eigenvalue weighted by molar-refractivity contribution is 7.22. The fourth-order valence-electron chi connectivity index (χ4n) is 3.84. The number of carboxylic acids is 1. The lowest BCUT2D eigenvalue weighted by Crippen LogP contribution is -2.27. The lowest BCUT2D eigenvalue weighted by atomic mass is 9.93. The van der Waals surface area contributed by atoms with E-state index in [-0.39, 0.29) is 0 Å². The Morgan fingerprint density at radius 3 is 2.73 bits per heavy atom. The molecule has 0 aliphatic carbocycles. The number of rotatable bonds is 5. The molecule has 158 valence electrons. The third kappa shape index (κ3) is 4.17. The van der Waals surface area contributed by atoms with Gasteiger partial charge in [-0.15, -0.1) is 22.7 Å². The number of hydrogen-bond donors (Lipinski definition) is 1. The van der Waals surface area contributed by atoms with Gasteiger partial charge in [-0.1, -0.05) is 12.1 Å². The molecule has 0 fully saturated rings. The lowest BCUT2D eigenvalue weighted by Gasteiger charge is -2.26. The Hall–Kier alpha value is -2.15. The standard InChI is InChI=1S/C24H26O4S2/c1-14-19(21(23(25)26)28-24(2,3)4)20(22(30-14)18-8-6-12-29-18)16-9-10-17-15(13-16)7-5-11-27-17/h6,8-10,12-13,21H,5,7,11H2,1-4H3,(H,25,26). The van der Waals surface area contributed by atoms with Crippen LogP contribution in [0, 0.1) is 6.92 Å². The fraction of sp³-hybridized carbons (Fsp3) is 0.375. The number of benzene rings is 1. The van der Waals surface area contributed by atoms with Crippen LogP contribution in [0.25, 0.3) is 20.9 Å². The Morgan fingerprint density at radius 1 is 1.27 bits per heavy atom. The van der Waals surface area contributed by atoms with Gasteiger partial charge in [0.25, 0.3) is 0 Å². The molecule has 4 nitrogen and oxygen atoms in total. The van der Waals surface area contributed by atoms with Gasteiger partial charge in [-0.05, 0) is 75.2 Å². The highest BCUT2D eigenvalue weighted by atomic mass is 32.1. The number of aliphatic carboxylic acids is 1. The van der Waals surface area contributed by atoms with E-state index >= 15 is 0 Å². The monoisotopic (exact) mass is 442 g/mol. The first-order valence-electron chi connectivity index (χ1n) is 10.1. The minimum absolute atomic E-state index is 0.582. The molecule has 0 radical (unpaired) electrons. The van der Waals surface area contributed by atoms with Gasteiger partial charge in [-0.2, -0.15) is 0 Å². The topological polar surface area (TPSA) is 55.8 Å². The Labute approximate surface area is 185 Å². The van der Waals surface area contributed by atoms with Gasteiger partial charge in [-0.3, -0.25) is 0 Å². The minimum Gasteiger partial charge on any atom is -0.493 e. The molecule has 1 aliphatic rings. The van der Waals surface area contributed by atoms with Crippen molar-refractivity contribution in [3.05, 3.63) is 51.7 Å². The number of carboxylic acid groups (broad SMARTS) is 1. The summed E-state index contributed by atoms with van der Waals surface area (Å²) in [5.74, 6) is -0.0389.